The van der Waals surface area contributed by atoms with Crippen molar-refractivity contribution in [3.8, 4) is 11.5 Å². The summed E-state index contributed by atoms with van der Waals surface area (Å²) in [6, 6.07) is 3.16. The molecular weight excluding hydrogens is 272 g/mol. The van der Waals surface area contributed by atoms with Gasteiger partial charge in [0.15, 0.2) is 11.5 Å². The summed E-state index contributed by atoms with van der Waals surface area (Å²) in [6.45, 7) is 0.703. The van der Waals surface area contributed by atoms with Gasteiger partial charge in [-0.1, -0.05) is 0 Å². The Balaban J connectivity index is 2.08. The molecule has 21 heavy (non-hydrogen) atoms. The zero-order chi connectivity index (χ0) is 15.5. The number of carbonyl (C=O) groups excluding carboxylic acids is 1. The van der Waals surface area contributed by atoms with Gasteiger partial charge in [-0.05, 0) is 30.7 Å². The number of nitrogens with one attached hydrogen (secondary N) is 1. The molecule has 1 aliphatic rings. The molecule has 0 atom stereocenters. The SMILES string of the molecule is COc1cc(N)c(C(=O)NCC2(CCO)CC2)cc1OC. The lowest BCUT2D eigenvalue weighted by Gasteiger charge is -2.16. The number of nitrogens with two attached hydrogens (primary N) is 1. The van der Waals surface area contributed by atoms with Crippen LogP contribution in [0, 0.1) is 5.41 Å². The predicted octanol–water partition coefficient (Wildman–Crippen LogP) is 1.18. The second-order valence-corrected chi connectivity index (χ2v) is 5.45. The molecular formula is C15H22N2O4. The van der Waals surface area contributed by atoms with Crippen LogP contribution in [0.25, 0.3) is 0 Å². The van der Waals surface area contributed by atoms with Gasteiger partial charge in [0.05, 0.1) is 19.8 Å². The van der Waals surface area contributed by atoms with Crippen molar-refractivity contribution in [3.05, 3.63) is 17.7 Å². The highest BCUT2D eigenvalue weighted by Crippen LogP contribution is 2.48. The van der Waals surface area contributed by atoms with Crippen molar-refractivity contribution >= 4 is 11.6 Å². The number of benzene rings is 1. The Morgan fingerprint density at radius 2 is 1.95 bits per heavy atom. The molecule has 6 nitrogen and oxygen atoms in total. The number of nitrogen functional groups attached to an aromatic ring is 1. The Morgan fingerprint density at radius 3 is 2.48 bits per heavy atom. The number of hydrogen-bond donors (Lipinski definition) is 3. The van der Waals surface area contributed by atoms with Gasteiger partial charge in [0.1, 0.15) is 0 Å². The molecule has 1 amide bonds. The molecule has 116 valence electrons. The molecule has 1 fully saturated rings. The van der Waals surface area contributed by atoms with Gasteiger partial charge in [-0.15, -0.1) is 0 Å². The molecule has 1 aliphatic carbocycles. The molecule has 0 unspecified atom stereocenters. The third-order valence-electron chi connectivity index (χ3n) is 4.02. The Hall–Kier alpha value is -1.95. The normalized spacial score (nSPS) is 15.4. The smallest absolute Gasteiger partial charge is 0.253 e. The number of hydrogen-bond acceptors (Lipinski definition) is 5. The van der Waals surface area contributed by atoms with Crippen molar-refractivity contribution in [2.45, 2.75) is 19.3 Å². The van der Waals surface area contributed by atoms with E-state index < -0.39 is 0 Å². The first-order valence-electron chi connectivity index (χ1n) is 6.96. The maximum Gasteiger partial charge on any atom is 0.253 e. The van der Waals surface area contributed by atoms with Gasteiger partial charge < -0.3 is 25.6 Å². The summed E-state index contributed by atoms with van der Waals surface area (Å²) in [5.41, 5.74) is 6.68. The summed E-state index contributed by atoms with van der Waals surface area (Å²) in [7, 11) is 3.03. The van der Waals surface area contributed by atoms with Crippen LogP contribution in [0.4, 0.5) is 5.69 Å². The summed E-state index contributed by atoms with van der Waals surface area (Å²) in [6.07, 6.45) is 2.79. The van der Waals surface area contributed by atoms with Crippen LogP contribution in [0.15, 0.2) is 12.1 Å². The second kappa shape index (κ2) is 6.22. The van der Waals surface area contributed by atoms with Crippen LogP contribution in [0.5, 0.6) is 11.5 Å². The number of ether oxygens (including phenoxy) is 2. The van der Waals surface area contributed by atoms with E-state index in [-0.39, 0.29) is 17.9 Å². The lowest BCUT2D eigenvalue weighted by Crippen LogP contribution is -2.31. The molecule has 1 aromatic rings. The maximum atomic E-state index is 12.3. The van der Waals surface area contributed by atoms with Crippen LogP contribution < -0.4 is 20.5 Å². The van der Waals surface area contributed by atoms with Gasteiger partial charge in [-0.3, -0.25) is 4.79 Å². The lowest BCUT2D eigenvalue weighted by molar-refractivity contribution is 0.0941. The summed E-state index contributed by atoms with van der Waals surface area (Å²) in [4.78, 5) is 12.3. The summed E-state index contributed by atoms with van der Waals surface area (Å²) in [5, 5.41) is 11.9. The van der Waals surface area contributed by atoms with Gasteiger partial charge in [-0.25, -0.2) is 0 Å². The molecule has 6 heteroatoms. The average Bonchev–Trinajstić information content (AvgIpc) is 3.25. The van der Waals surface area contributed by atoms with Crippen molar-refractivity contribution in [1.29, 1.82) is 0 Å². The zero-order valence-electron chi connectivity index (χ0n) is 12.4. The van der Waals surface area contributed by atoms with Crippen molar-refractivity contribution in [1.82, 2.24) is 5.32 Å². The third-order valence-corrected chi connectivity index (χ3v) is 4.02. The van der Waals surface area contributed by atoms with Crippen LogP contribution in [0.1, 0.15) is 29.6 Å². The van der Waals surface area contributed by atoms with Crippen molar-refractivity contribution in [2.24, 2.45) is 5.41 Å². The lowest BCUT2D eigenvalue weighted by atomic mass is 10.0. The number of amides is 1. The molecule has 0 spiro atoms. The average molecular weight is 294 g/mol. The number of aliphatic hydroxyl groups is 1. The van der Waals surface area contributed by atoms with Crippen molar-refractivity contribution < 1.29 is 19.4 Å². The Morgan fingerprint density at radius 1 is 1.33 bits per heavy atom. The topological polar surface area (TPSA) is 93.8 Å². The molecule has 1 aromatic carbocycles. The van der Waals surface area contributed by atoms with Crippen molar-refractivity contribution in [3.63, 3.8) is 0 Å². The largest absolute Gasteiger partial charge is 0.493 e. The van der Waals surface area contributed by atoms with Gasteiger partial charge in [0, 0.05) is 24.9 Å². The van der Waals surface area contributed by atoms with Crippen LogP contribution in [0.3, 0.4) is 0 Å². The molecule has 2 rings (SSSR count). The van der Waals surface area contributed by atoms with Gasteiger partial charge in [0.2, 0.25) is 0 Å². The van der Waals surface area contributed by atoms with Gasteiger partial charge >= 0.3 is 0 Å². The molecule has 1 saturated carbocycles. The summed E-state index contributed by atoms with van der Waals surface area (Å²) >= 11 is 0. The second-order valence-electron chi connectivity index (χ2n) is 5.45. The first-order valence-corrected chi connectivity index (χ1v) is 6.96. The van der Waals surface area contributed by atoms with E-state index in [1.807, 2.05) is 0 Å². The molecule has 0 saturated heterocycles. The Labute approximate surface area is 124 Å². The highest BCUT2D eigenvalue weighted by molar-refractivity contribution is 6.00. The summed E-state index contributed by atoms with van der Waals surface area (Å²) < 4.78 is 10.3. The van der Waals surface area contributed by atoms with E-state index in [2.05, 4.69) is 5.32 Å². The molecule has 0 aliphatic heterocycles. The van der Waals surface area contributed by atoms with Gasteiger partial charge in [0.25, 0.3) is 5.91 Å². The first kappa shape index (κ1) is 15.4. The Kier molecular flexibility index (Phi) is 4.57. The van der Waals surface area contributed by atoms with E-state index in [9.17, 15) is 4.79 Å². The fourth-order valence-electron chi connectivity index (χ4n) is 2.38. The zero-order valence-corrected chi connectivity index (χ0v) is 12.4. The van der Waals surface area contributed by atoms with Crippen LogP contribution >= 0.6 is 0 Å². The molecule has 0 heterocycles. The minimum atomic E-state index is -0.238. The minimum Gasteiger partial charge on any atom is -0.493 e. The fraction of sp³-hybridized carbons (Fsp3) is 0.533. The highest BCUT2D eigenvalue weighted by atomic mass is 16.5. The standard InChI is InChI=1S/C15H22N2O4/c1-20-12-7-10(11(16)8-13(12)21-2)14(19)17-9-15(3-4-15)5-6-18/h7-8,18H,3-6,9,16H2,1-2H3,(H,17,19). The molecule has 4 N–H and O–H groups in total. The quantitative estimate of drug-likeness (QED) is 0.657. The van der Waals surface area contributed by atoms with E-state index in [1.54, 1.807) is 12.1 Å². The van der Waals surface area contributed by atoms with Gasteiger partial charge in [-0.2, -0.15) is 0 Å². The van der Waals surface area contributed by atoms with Crippen molar-refractivity contribution in [2.75, 3.05) is 33.1 Å². The van der Waals surface area contributed by atoms with E-state index in [4.69, 9.17) is 20.3 Å². The van der Waals surface area contributed by atoms with Crippen LogP contribution in [0.2, 0.25) is 0 Å². The fourth-order valence-corrected chi connectivity index (χ4v) is 2.38. The third kappa shape index (κ3) is 3.39. The van der Waals surface area contributed by atoms with E-state index in [1.165, 1.54) is 14.2 Å². The molecule has 0 aromatic heterocycles. The van der Waals surface area contributed by atoms with Crippen LogP contribution in [-0.2, 0) is 0 Å². The molecule has 0 bridgehead atoms. The van der Waals surface area contributed by atoms with Crippen LogP contribution in [-0.4, -0.2) is 38.4 Å². The minimum absolute atomic E-state index is 0.0652. The van der Waals surface area contributed by atoms with E-state index in [0.29, 0.717) is 35.7 Å². The number of anilines is 1. The van der Waals surface area contributed by atoms with E-state index in [0.717, 1.165) is 12.8 Å². The van der Waals surface area contributed by atoms with E-state index >= 15 is 0 Å². The highest BCUT2D eigenvalue weighted by Gasteiger charge is 2.42. The predicted molar refractivity (Wildman–Crippen MR) is 79.7 cm³/mol. The maximum absolute atomic E-state index is 12.3. The summed E-state index contributed by atoms with van der Waals surface area (Å²) in [5.74, 6) is 0.719. The Bertz CT molecular complexity index is 527. The number of aliphatic hydroxyl groups excluding tert-OH is 1. The number of rotatable bonds is 7. The number of methoxy groups -OCH3 is 2. The monoisotopic (exact) mass is 294 g/mol. The number of carbonyl (C=O) groups is 1. The molecule has 0 radical (unpaired) electrons. The first-order chi connectivity index (χ1) is 10.0.